The second-order valence-corrected chi connectivity index (χ2v) is 73.2. The summed E-state index contributed by atoms with van der Waals surface area (Å²) in [4.78, 5) is 0. The monoisotopic (exact) mass is 1150 g/mol. The minimum Gasteiger partial charge on any atom is -0.381 e. The Kier molecular flexibility index (Phi) is 41.4. The largest absolute Gasteiger partial charge is 1.00 e. The van der Waals surface area contributed by atoms with E-state index in [1.807, 2.05) is 0 Å². The van der Waals surface area contributed by atoms with Crippen LogP contribution in [0.15, 0.2) is 0 Å². The Morgan fingerprint density at radius 2 is 0.591 bits per heavy atom. The molecule has 0 atom stereocenters. The van der Waals surface area contributed by atoms with Gasteiger partial charge in [0, 0.05) is 78.0 Å². The molecule has 0 aromatic heterocycles. The Bertz CT molecular complexity index is 1140. The van der Waals surface area contributed by atoms with E-state index < -0.39 is 29.7 Å². The molecule has 4 fully saturated rings. The second kappa shape index (κ2) is 34.1. The van der Waals surface area contributed by atoms with Gasteiger partial charge in [0.1, 0.15) is 0 Å². The van der Waals surface area contributed by atoms with Gasteiger partial charge in [-0.05, 0) is 86.7 Å². The van der Waals surface area contributed by atoms with Gasteiger partial charge in [-0.1, -0.05) is 213 Å². The zero-order chi connectivity index (χ0) is 50.2. The van der Waals surface area contributed by atoms with Crippen LogP contribution in [0.3, 0.4) is 0 Å². The van der Waals surface area contributed by atoms with Crippen LogP contribution in [0.2, 0.25) is 66.5 Å². The molecule has 0 aromatic rings. The Labute approximate surface area is 523 Å². The summed E-state index contributed by atoms with van der Waals surface area (Å²) in [5, 5.41) is 3.73. The molecule has 14 heteroatoms. The van der Waals surface area contributed by atoms with Crippen LogP contribution in [0.1, 0.15) is 218 Å². The average Bonchev–Trinajstić information content (AvgIpc) is 3.94. The molecule has 0 saturated carbocycles. The predicted molar refractivity (Wildman–Crippen MR) is 307 cm³/mol. The van der Waals surface area contributed by atoms with Gasteiger partial charge in [0.05, 0.1) is 8.80 Å². The molecule has 4 aliphatic rings. The smallest absolute Gasteiger partial charge is 0.381 e. The van der Waals surface area contributed by atoms with E-state index in [4.69, 9.17) is 18.9 Å². The van der Waals surface area contributed by atoms with E-state index in [1.165, 1.54) is 68.1 Å². The van der Waals surface area contributed by atoms with Crippen LogP contribution in [0, 0.1) is 0 Å². The Morgan fingerprint density at radius 3 is 0.697 bits per heavy atom. The van der Waals surface area contributed by atoms with Crippen LogP contribution in [0.25, 0.3) is 0 Å². The molecular weight excluding hydrogens is 1040 g/mol. The molecule has 0 amide bonds. The maximum atomic E-state index is 4.94. The second-order valence-electron chi connectivity index (χ2n) is 27.9. The van der Waals surface area contributed by atoms with Gasteiger partial charge in [0.15, 0.2) is 0 Å². The van der Waals surface area contributed by atoms with Gasteiger partial charge in [-0.2, -0.15) is 0 Å². The van der Waals surface area contributed by atoms with Gasteiger partial charge in [0.25, 0.3) is 0 Å². The van der Waals surface area contributed by atoms with Gasteiger partial charge >= 0.3 is 103 Å². The summed E-state index contributed by atoms with van der Waals surface area (Å²) < 4.78 is 19.8. The summed E-state index contributed by atoms with van der Waals surface area (Å²) in [5.41, 5.74) is 0. The number of hydrogen-bond acceptors (Lipinski definition) is 4. The molecule has 66 heavy (non-hydrogen) atoms. The van der Waals surface area contributed by atoms with Crippen LogP contribution in [0.5, 0.6) is 0 Å². The van der Waals surface area contributed by atoms with Gasteiger partial charge in [-0.25, -0.2) is 6.93 Å². The van der Waals surface area contributed by atoms with E-state index in [9.17, 15) is 0 Å². The molecular formula is C52H116GeK2O4Si7+. The van der Waals surface area contributed by atoms with E-state index in [0.717, 1.165) is 52.9 Å². The van der Waals surface area contributed by atoms with Gasteiger partial charge in [-0.15, -0.1) is 0 Å². The molecule has 0 spiro atoms. The van der Waals surface area contributed by atoms with Crippen molar-refractivity contribution in [3.8, 4) is 0 Å². The van der Waals surface area contributed by atoms with Crippen LogP contribution in [-0.4, -0.2) is 126 Å². The fourth-order valence-corrected chi connectivity index (χ4v) is 124. The third-order valence-corrected chi connectivity index (χ3v) is 97.8. The van der Waals surface area contributed by atoms with Crippen molar-refractivity contribution in [3.05, 3.63) is 0 Å². The summed E-state index contributed by atoms with van der Waals surface area (Å²) in [5.74, 6) is 0. The number of hydrogen-bond donors (Lipinski definition) is 0. The van der Waals surface area contributed by atoms with Crippen LogP contribution < -0.4 is 103 Å². The van der Waals surface area contributed by atoms with Gasteiger partial charge in [-0.3, -0.25) is 16.7 Å². The molecule has 4 heterocycles. The van der Waals surface area contributed by atoms with Crippen molar-refractivity contribution in [2.24, 2.45) is 0 Å². The third-order valence-electron chi connectivity index (χ3n) is 15.8. The molecule has 0 bridgehead atoms. The molecule has 4 aliphatic heterocycles. The molecule has 0 N–H and O–H groups in total. The normalized spacial score (nSPS) is 17.9. The summed E-state index contributed by atoms with van der Waals surface area (Å²) in [6.45, 7) is 79.4. The first-order valence-corrected chi connectivity index (χ1v) is 43.6. The topological polar surface area (TPSA) is 36.9 Å². The molecule has 7 radical (unpaired) electrons. The van der Waals surface area contributed by atoms with Crippen LogP contribution >= 0.6 is 0 Å². The molecule has 0 unspecified atom stereocenters. The number of rotatable bonds is 4. The molecule has 381 valence electrons. The van der Waals surface area contributed by atoms with Crippen molar-refractivity contribution >= 4 is 72.8 Å². The van der Waals surface area contributed by atoms with E-state index in [0.29, 0.717) is 40.3 Å². The van der Waals surface area contributed by atoms with E-state index in [-0.39, 0.29) is 129 Å². The van der Waals surface area contributed by atoms with Crippen molar-refractivity contribution < 1.29 is 122 Å². The van der Waals surface area contributed by atoms with E-state index >= 15 is 0 Å². The van der Waals surface area contributed by atoms with Gasteiger partial charge in [0.2, 0.25) is 0 Å². The summed E-state index contributed by atoms with van der Waals surface area (Å²) in [7, 11) is -2.47. The Morgan fingerprint density at radius 1 is 0.379 bits per heavy atom. The molecule has 4 nitrogen and oxygen atoms in total. The Balaban J connectivity index is -0.000000297. The first kappa shape index (κ1) is 80.0. The minimum absolute atomic E-state index is 0. The van der Waals surface area contributed by atoms with Crippen molar-refractivity contribution in [3.63, 3.8) is 0 Å². The quantitative estimate of drug-likeness (QED) is 0.263. The summed E-state index contributed by atoms with van der Waals surface area (Å²) in [6, 6.07) is 0. The summed E-state index contributed by atoms with van der Waals surface area (Å²) in [6.07, 6.45) is 10.2. The number of ether oxygens (including phenoxy) is 4. The molecule has 4 rings (SSSR count). The fourth-order valence-electron chi connectivity index (χ4n) is 8.82. The van der Waals surface area contributed by atoms with Crippen LogP contribution in [-0.2, 0) is 18.9 Å². The first-order chi connectivity index (χ1) is 28.0. The summed E-state index contributed by atoms with van der Waals surface area (Å²) >= 11 is 0. The standard InChI is InChI=1S/C27H63Si6.C9H21Si.4C4H8O.Ge.2K/c1-22(2,3)31(19,23(4,5)6)28-30(33(21,26(13,14)15)27(16,17)18)29-32(20,24(7,8)9)25(10,11)12;1-8(2,3)10(7)9(4,5)6;4*1-2-4-5-3-1;;;/h1-21H3;1-7H3;4*1-4H2;;;/q-1;;;;;;;2*+1. The maximum absolute atomic E-state index is 4.94. The van der Waals surface area contributed by atoms with Crippen molar-refractivity contribution in [2.75, 3.05) is 52.9 Å². The maximum Gasteiger partial charge on any atom is 1.00 e. The van der Waals surface area contributed by atoms with Gasteiger partial charge < -0.3 is 18.9 Å². The van der Waals surface area contributed by atoms with E-state index in [2.05, 4.69) is 192 Å². The Hall–Kier alpha value is 5.17. The SMILES string of the molecule is C1CCOC1.C1CCOC1.C1CCOC1.C1CCOC1.CC(C)(C)[Si](C)(/[Si]=[Si](/[Si-][Si](C)(C(C)(C)C)C(C)(C)C)[Si](C)(C(C)(C)C)C(C)(C)C)C(C)(C)C.C[Si](C(C)(C)C)C(C)(C)C.[Ge].[K+].[K+]. The zero-order valence-corrected chi connectivity index (χ0v) is 66.3. The molecule has 0 aromatic carbocycles. The van der Waals surface area contributed by atoms with Crippen molar-refractivity contribution in [2.45, 2.75) is 284 Å². The molecule has 4 saturated heterocycles. The van der Waals surface area contributed by atoms with Crippen molar-refractivity contribution in [1.29, 1.82) is 0 Å². The first-order valence-electron chi connectivity index (χ1n) is 25.6. The third kappa shape index (κ3) is 28.0. The van der Waals surface area contributed by atoms with E-state index in [1.54, 1.807) is 0 Å². The zero-order valence-electron chi connectivity index (χ0n) is 50.9. The molecule has 0 aliphatic carbocycles. The van der Waals surface area contributed by atoms with Crippen LogP contribution in [0.4, 0.5) is 0 Å². The average molecular weight is 1150 g/mol. The van der Waals surface area contributed by atoms with Crippen molar-refractivity contribution in [1.82, 2.24) is 0 Å². The fraction of sp³-hybridized carbons (Fsp3) is 1.00. The predicted octanol–water partition coefficient (Wildman–Crippen LogP) is 10.5. The minimum atomic E-state index is -1.62.